The Kier molecular flexibility index (Phi) is 3.96. The minimum Gasteiger partial charge on any atom is -0.365 e. The normalized spacial score (nSPS) is 20.0. The summed E-state index contributed by atoms with van der Waals surface area (Å²) in [7, 11) is 2.20. The van der Waals surface area contributed by atoms with E-state index in [1.165, 1.54) is 0 Å². The Bertz CT molecular complexity index is 462. The monoisotopic (exact) mass is 276 g/mol. The summed E-state index contributed by atoms with van der Waals surface area (Å²) in [5.74, 6) is 2.02. The molecule has 4 heteroatoms. The molecule has 2 rings (SSSR count). The van der Waals surface area contributed by atoms with Gasteiger partial charge in [0.05, 0.1) is 0 Å². The molecule has 0 aliphatic carbocycles. The van der Waals surface area contributed by atoms with Crippen molar-refractivity contribution in [1.82, 2.24) is 9.88 Å². The minimum absolute atomic E-state index is 0.0347. The lowest BCUT2D eigenvalue weighted by Gasteiger charge is -2.45. The van der Waals surface area contributed by atoms with Crippen LogP contribution in [-0.4, -0.2) is 47.6 Å². The highest BCUT2D eigenvalue weighted by molar-refractivity contribution is 5.48. The van der Waals surface area contributed by atoms with Crippen molar-refractivity contribution >= 4 is 11.6 Å². The van der Waals surface area contributed by atoms with Crippen LogP contribution in [0.25, 0.3) is 0 Å². The first-order chi connectivity index (χ1) is 9.17. The molecule has 1 aromatic heterocycles. The zero-order valence-electron chi connectivity index (χ0n) is 13.7. The van der Waals surface area contributed by atoms with Crippen LogP contribution in [0.3, 0.4) is 0 Å². The van der Waals surface area contributed by atoms with Crippen LogP contribution in [0.1, 0.15) is 34.6 Å². The lowest BCUT2D eigenvalue weighted by molar-refractivity contribution is 0.138. The van der Waals surface area contributed by atoms with Crippen LogP contribution in [0, 0.1) is 0 Å². The van der Waals surface area contributed by atoms with Crippen molar-refractivity contribution in [2.75, 3.05) is 36.9 Å². The lowest BCUT2D eigenvalue weighted by Crippen LogP contribution is -2.57. The van der Waals surface area contributed by atoms with E-state index in [2.05, 4.69) is 68.9 Å². The number of piperazine rings is 1. The fourth-order valence-electron chi connectivity index (χ4n) is 2.49. The smallest absolute Gasteiger partial charge is 0.131 e. The number of likely N-dealkylation sites (N-methyl/N-ethyl adjacent to an activating group) is 1. The Morgan fingerprint density at radius 1 is 1.20 bits per heavy atom. The Balaban J connectivity index is 2.15. The number of aromatic nitrogens is 1. The number of hydrogen-bond acceptors (Lipinski definition) is 4. The van der Waals surface area contributed by atoms with E-state index in [4.69, 9.17) is 4.98 Å². The second kappa shape index (κ2) is 5.24. The molecular formula is C16H28N4. The van der Waals surface area contributed by atoms with E-state index < -0.39 is 0 Å². The Morgan fingerprint density at radius 2 is 1.90 bits per heavy atom. The van der Waals surface area contributed by atoms with Gasteiger partial charge in [-0.05, 0) is 53.8 Å². The molecule has 1 fully saturated rings. The van der Waals surface area contributed by atoms with Gasteiger partial charge in [-0.25, -0.2) is 4.98 Å². The number of nitrogens with zero attached hydrogens (tertiary/aromatic N) is 3. The van der Waals surface area contributed by atoms with Crippen molar-refractivity contribution in [1.29, 1.82) is 0 Å². The van der Waals surface area contributed by atoms with Gasteiger partial charge in [0.2, 0.25) is 0 Å². The molecule has 0 spiro atoms. The molecule has 112 valence electrons. The first-order valence-corrected chi connectivity index (χ1v) is 7.39. The van der Waals surface area contributed by atoms with Gasteiger partial charge in [0.1, 0.15) is 11.6 Å². The van der Waals surface area contributed by atoms with E-state index in [9.17, 15) is 0 Å². The third-order valence-corrected chi connectivity index (χ3v) is 3.88. The van der Waals surface area contributed by atoms with Crippen molar-refractivity contribution in [2.45, 2.75) is 45.7 Å². The summed E-state index contributed by atoms with van der Waals surface area (Å²) in [6, 6.07) is 6.23. The molecule has 20 heavy (non-hydrogen) atoms. The van der Waals surface area contributed by atoms with Crippen LogP contribution in [0.15, 0.2) is 18.2 Å². The van der Waals surface area contributed by atoms with Crippen LogP contribution in [0.4, 0.5) is 11.6 Å². The first kappa shape index (κ1) is 15.1. The van der Waals surface area contributed by atoms with Gasteiger partial charge in [-0.1, -0.05) is 6.07 Å². The highest BCUT2D eigenvalue weighted by Crippen LogP contribution is 2.24. The van der Waals surface area contributed by atoms with Gasteiger partial charge in [-0.15, -0.1) is 0 Å². The van der Waals surface area contributed by atoms with Crippen LogP contribution < -0.4 is 10.2 Å². The molecule has 0 atom stereocenters. The summed E-state index contributed by atoms with van der Waals surface area (Å²) < 4.78 is 0. The van der Waals surface area contributed by atoms with Crippen molar-refractivity contribution in [3.05, 3.63) is 18.2 Å². The summed E-state index contributed by atoms with van der Waals surface area (Å²) in [6.07, 6.45) is 0. The SMILES string of the molecule is CN1CCN(c2cccc(NC(C)(C)C)n2)CC1(C)C. The second-order valence-corrected chi connectivity index (χ2v) is 7.41. The average Bonchev–Trinajstić information content (AvgIpc) is 2.31. The number of pyridine rings is 1. The van der Waals surface area contributed by atoms with E-state index in [0.29, 0.717) is 0 Å². The molecule has 1 aliphatic heterocycles. The molecule has 1 N–H and O–H groups in total. The molecule has 1 saturated heterocycles. The van der Waals surface area contributed by atoms with E-state index in [1.807, 2.05) is 6.07 Å². The fourth-order valence-corrected chi connectivity index (χ4v) is 2.49. The van der Waals surface area contributed by atoms with E-state index >= 15 is 0 Å². The van der Waals surface area contributed by atoms with Gasteiger partial charge in [0, 0.05) is 30.7 Å². The molecule has 4 nitrogen and oxygen atoms in total. The summed E-state index contributed by atoms with van der Waals surface area (Å²) in [5, 5.41) is 3.44. The molecule has 1 aromatic rings. The van der Waals surface area contributed by atoms with E-state index in [-0.39, 0.29) is 11.1 Å². The van der Waals surface area contributed by atoms with Gasteiger partial charge in [-0.3, -0.25) is 4.90 Å². The van der Waals surface area contributed by atoms with E-state index in [1.54, 1.807) is 0 Å². The van der Waals surface area contributed by atoms with Crippen LogP contribution in [-0.2, 0) is 0 Å². The van der Waals surface area contributed by atoms with Crippen LogP contribution in [0.5, 0.6) is 0 Å². The third-order valence-electron chi connectivity index (χ3n) is 3.88. The highest BCUT2D eigenvalue weighted by atomic mass is 15.3. The van der Waals surface area contributed by atoms with Gasteiger partial charge in [0.15, 0.2) is 0 Å². The summed E-state index contributed by atoms with van der Waals surface area (Å²) in [6.45, 7) is 14.2. The predicted molar refractivity (Wildman–Crippen MR) is 86.5 cm³/mol. The minimum atomic E-state index is 0.0347. The Morgan fingerprint density at radius 3 is 2.50 bits per heavy atom. The molecule has 0 amide bonds. The molecule has 0 aromatic carbocycles. The third kappa shape index (κ3) is 3.63. The number of rotatable bonds is 2. The van der Waals surface area contributed by atoms with E-state index in [0.717, 1.165) is 31.3 Å². The number of anilines is 2. The van der Waals surface area contributed by atoms with Gasteiger partial charge < -0.3 is 10.2 Å². The molecule has 2 heterocycles. The van der Waals surface area contributed by atoms with Crippen molar-refractivity contribution in [3.63, 3.8) is 0 Å². The second-order valence-electron chi connectivity index (χ2n) is 7.41. The topological polar surface area (TPSA) is 31.4 Å². The van der Waals surface area contributed by atoms with Crippen molar-refractivity contribution in [3.8, 4) is 0 Å². The molecule has 0 saturated carbocycles. The highest BCUT2D eigenvalue weighted by Gasteiger charge is 2.31. The van der Waals surface area contributed by atoms with Gasteiger partial charge >= 0.3 is 0 Å². The molecule has 1 aliphatic rings. The Labute approximate surface area is 123 Å². The summed E-state index contributed by atoms with van der Waals surface area (Å²) in [4.78, 5) is 9.57. The summed E-state index contributed by atoms with van der Waals surface area (Å²) >= 11 is 0. The predicted octanol–water partition coefficient (Wildman–Crippen LogP) is 2.82. The van der Waals surface area contributed by atoms with Crippen LogP contribution in [0.2, 0.25) is 0 Å². The molecule has 0 radical (unpaired) electrons. The molecule has 0 bridgehead atoms. The molecule has 0 unspecified atom stereocenters. The summed E-state index contributed by atoms with van der Waals surface area (Å²) in [5.41, 5.74) is 0.223. The fraction of sp³-hybridized carbons (Fsp3) is 0.688. The quantitative estimate of drug-likeness (QED) is 0.900. The number of hydrogen-bond donors (Lipinski definition) is 1. The molecular weight excluding hydrogens is 248 g/mol. The standard InChI is InChI=1S/C16H28N4/c1-15(2,3)18-13-8-7-9-14(17-13)20-11-10-19(6)16(4,5)12-20/h7-9H,10-12H2,1-6H3,(H,17,18). The van der Waals surface area contributed by atoms with Gasteiger partial charge in [-0.2, -0.15) is 0 Å². The lowest BCUT2D eigenvalue weighted by atomic mass is 10.00. The first-order valence-electron chi connectivity index (χ1n) is 7.39. The Hall–Kier alpha value is -1.29. The average molecular weight is 276 g/mol. The number of nitrogens with one attached hydrogen (secondary N) is 1. The largest absolute Gasteiger partial charge is 0.365 e. The van der Waals surface area contributed by atoms with Crippen molar-refractivity contribution < 1.29 is 0 Å². The van der Waals surface area contributed by atoms with Crippen LogP contribution >= 0.6 is 0 Å². The zero-order valence-corrected chi connectivity index (χ0v) is 13.7. The maximum Gasteiger partial charge on any atom is 0.131 e. The maximum atomic E-state index is 4.77. The zero-order chi connectivity index (χ0) is 15.0. The van der Waals surface area contributed by atoms with Gasteiger partial charge in [0.25, 0.3) is 0 Å². The van der Waals surface area contributed by atoms with Crippen molar-refractivity contribution in [2.24, 2.45) is 0 Å². The maximum absolute atomic E-state index is 4.77.